The third-order valence-corrected chi connectivity index (χ3v) is 6.09. The molecule has 3 rings (SSSR count). The van der Waals surface area contributed by atoms with Crippen LogP contribution in [0.25, 0.3) is 22.0 Å². The summed E-state index contributed by atoms with van der Waals surface area (Å²) in [6, 6.07) is 12.9. The number of hydrogen-bond donors (Lipinski definition) is 2. The van der Waals surface area contributed by atoms with Crippen LogP contribution in [-0.4, -0.2) is 37.5 Å². The second kappa shape index (κ2) is 13.3. The topological polar surface area (TPSA) is 54.5 Å². The molecule has 0 spiro atoms. The van der Waals surface area contributed by atoms with E-state index in [-0.39, 0.29) is 6.61 Å². The Balaban J connectivity index is 0.00000176. The van der Waals surface area contributed by atoms with Crippen LogP contribution >= 0.6 is 0 Å². The Morgan fingerprint density at radius 3 is 2.28 bits per heavy atom. The van der Waals surface area contributed by atoms with E-state index in [0.29, 0.717) is 5.92 Å². The molecule has 3 aromatic rings. The number of aromatic nitrogens is 1. The predicted octanol–water partition coefficient (Wildman–Crippen LogP) is 6.89. The summed E-state index contributed by atoms with van der Waals surface area (Å²) >= 11 is 0. The van der Waals surface area contributed by atoms with Crippen LogP contribution < -0.4 is 4.74 Å². The SMILES string of the molecule is CC.CCc1cc(-c2ccc(OC)cc2)cc2c(CCCOC)c(C(CC)CCO)[nH]c12. The summed E-state index contributed by atoms with van der Waals surface area (Å²) in [6.07, 6.45) is 4.72. The molecule has 0 amide bonds. The van der Waals surface area contributed by atoms with Gasteiger partial charge in [0.1, 0.15) is 5.75 Å². The molecule has 176 valence electrons. The number of aromatic amines is 1. The summed E-state index contributed by atoms with van der Waals surface area (Å²) in [6.45, 7) is 9.38. The van der Waals surface area contributed by atoms with Crippen LogP contribution in [0.3, 0.4) is 0 Å². The molecule has 0 bridgehead atoms. The van der Waals surface area contributed by atoms with Gasteiger partial charge in [0.15, 0.2) is 0 Å². The van der Waals surface area contributed by atoms with Crippen LogP contribution in [0.5, 0.6) is 5.75 Å². The van der Waals surface area contributed by atoms with Crippen molar-refractivity contribution in [2.24, 2.45) is 0 Å². The number of aryl methyl sites for hydroxylation is 2. The predicted molar refractivity (Wildman–Crippen MR) is 136 cm³/mol. The van der Waals surface area contributed by atoms with E-state index in [1.807, 2.05) is 26.0 Å². The molecule has 1 unspecified atom stereocenters. The quantitative estimate of drug-likeness (QED) is 0.320. The minimum absolute atomic E-state index is 0.211. The van der Waals surface area contributed by atoms with Gasteiger partial charge in [0.2, 0.25) is 0 Å². The normalized spacial score (nSPS) is 11.8. The largest absolute Gasteiger partial charge is 0.497 e. The molecule has 1 aromatic heterocycles. The molecule has 0 radical (unpaired) electrons. The van der Waals surface area contributed by atoms with E-state index < -0.39 is 0 Å². The fraction of sp³-hybridized carbons (Fsp3) is 0.500. The van der Waals surface area contributed by atoms with E-state index in [4.69, 9.17) is 9.47 Å². The minimum Gasteiger partial charge on any atom is -0.497 e. The smallest absolute Gasteiger partial charge is 0.118 e. The molecule has 0 aliphatic heterocycles. The molecule has 0 aliphatic carbocycles. The first-order valence-corrected chi connectivity index (χ1v) is 12.1. The highest BCUT2D eigenvalue weighted by molar-refractivity contribution is 5.92. The summed E-state index contributed by atoms with van der Waals surface area (Å²) in [5, 5.41) is 10.9. The molecular weight excluding hydrogens is 398 g/mol. The van der Waals surface area contributed by atoms with Crippen molar-refractivity contribution < 1.29 is 14.6 Å². The van der Waals surface area contributed by atoms with E-state index in [1.165, 1.54) is 38.9 Å². The van der Waals surface area contributed by atoms with Gasteiger partial charge in [-0.1, -0.05) is 39.8 Å². The molecule has 1 heterocycles. The number of fused-ring (bicyclic) bond motifs is 1. The molecule has 2 aromatic carbocycles. The number of rotatable bonds is 11. The number of hydrogen-bond acceptors (Lipinski definition) is 3. The lowest BCUT2D eigenvalue weighted by atomic mass is 9.91. The first kappa shape index (κ1) is 26.0. The molecule has 0 fully saturated rings. The van der Waals surface area contributed by atoms with Crippen LogP contribution in [0, 0.1) is 0 Å². The number of aliphatic hydroxyl groups is 1. The minimum atomic E-state index is 0.211. The Morgan fingerprint density at radius 2 is 1.72 bits per heavy atom. The van der Waals surface area contributed by atoms with Gasteiger partial charge in [0.25, 0.3) is 0 Å². The highest BCUT2D eigenvalue weighted by Gasteiger charge is 2.20. The zero-order chi connectivity index (χ0) is 23.5. The van der Waals surface area contributed by atoms with Crippen molar-refractivity contribution in [1.82, 2.24) is 4.98 Å². The lowest BCUT2D eigenvalue weighted by Gasteiger charge is -2.15. The van der Waals surface area contributed by atoms with E-state index in [0.717, 1.165) is 44.5 Å². The van der Waals surface area contributed by atoms with Crippen molar-refractivity contribution in [3.05, 3.63) is 53.2 Å². The van der Waals surface area contributed by atoms with Gasteiger partial charge in [-0.3, -0.25) is 0 Å². The summed E-state index contributed by atoms with van der Waals surface area (Å²) in [7, 11) is 3.45. The Kier molecular flexibility index (Phi) is 10.8. The summed E-state index contributed by atoms with van der Waals surface area (Å²) in [4.78, 5) is 3.77. The molecule has 4 nitrogen and oxygen atoms in total. The Hall–Kier alpha value is -2.30. The first-order valence-electron chi connectivity index (χ1n) is 12.1. The molecule has 0 saturated carbocycles. The molecule has 1 atom stereocenters. The van der Waals surface area contributed by atoms with Crippen LogP contribution in [0.15, 0.2) is 36.4 Å². The second-order valence-corrected chi connectivity index (χ2v) is 7.87. The molecule has 32 heavy (non-hydrogen) atoms. The van der Waals surface area contributed by atoms with Crippen LogP contribution in [0.4, 0.5) is 0 Å². The lowest BCUT2D eigenvalue weighted by molar-refractivity contribution is 0.195. The molecule has 0 aliphatic rings. The summed E-state index contributed by atoms with van der Waals surface area (Å²) < 4.78 is 10.6. The average molecular weight is 440 g/mol. The van der Waals surface area contributed by atoms with Crippen molar-refractivity contribution >= 4 is 10.9 Å². The van der Waals surface area contributed by atoms with Crippen LogP contribution in [-0.2, 0) is 17.6 Å². The monoisotopic (exact) mass is 439 g/mol. The van der Waals surface area contributed by atoms with Crippen molar-refractivity contribution in [3.8, 4) is 16.9 Å². The number of benzene rings is 2. The van der Waals surface area contributed by atoms with E-state index in [9.17, 15) is 5.11 Å². The highest BCUT2D eigenvalue weighted by atomic mass is 16.5. The van der Waals surface area contributed by atoms with Crippen LogP contribution in [0.2, 0.25) is 0 Å². The maximum absolute atomic E-state index is 9.60. The van der Waals surface area contributed by atoms with Gasteiger partial charge in [0.05, 0.1) is 7.11 Å². The number of nitrogens with one attached hydrogen (secondary N) is 1. The van der Waals surface area contributed by atoms with Gasteiger partial charge < -0.3 is 19.6 Å². The van der Waals surface area contributed by atoms with Crippen molar-refractivity contribution in [3.63, 3.8) is 0 Å². The van der Waals surface area contributed by atoms with Gasteiger partial charge >= 0.3 is 0 Å². The standard InChI is InChI=1S/C26H35NO3.C2H6/c1-5-18(13-14-28)25-23(8-7-15-29-3)24-17-21(16-19(6-2)26(24)27-25)20-9-11-22(30-4)12-10-20;1-2/h9-12,16-18,27-28H,5-8,13-15H2,1-4H3;1-2H3. The highest BCUT2D eigenvalue weighted by Crippen LogP contribution is 2.37. The fourth-order valence-corrected chi connectivity index (χ4v) is 4.39. The van der Waals surface area contributed by atoms with E-state index in [1.54, 1.807) is 14.2 Å². The van der Waals surface area contributed by atoms with E-state index >= 15 is 0 Å². The van der Waals surface area contributed by atoms with Gasteiger partial charge in [-0.25, -0.2) is 0 Å². The number of aliphatic hydroxyl groups excluding tert-OH is 1. The number of methoxy groups -OCH3 is 2. The molecule has 2 N–H and O–H groups in total. The average Bonchev–Trinajstić information content (AvgIpc) is 3.21. The first-order chi connectivity index (χ1) is 15.7. The van der Waals surface area contributed by atoms with Crippen LogP contribution in [0.1, 0.15) is 69.7 Å². The Labute approximate surface area is 194 Å². The maximum atomic E-state index is 9.60. The molecule has 0 saturated heterocycles. The Morgan fingerprint density at radius 1 is 1.00 bits per heavy atom. The molecular formula is C28H41NO3. The van der Waals surface area contributed by atoms with Crippen molar-refractivity contribution in [1.29, 1.82) is 0 Å². The lowest BCUT2D eigenvalue weighted by Crippen LogP contribution is -2.05. The number of ether oxygens (including phenoxy) is 2. The van der Waals surface area contributed by atoms with E-state index in [2.05, 4.69) is 43.1 Å². The van der Waals surface area contributed by atoms with Gasteiger partial charge in [-0.2, -0.15) is 0 Å². The van der Waals surface area contributed by atoms with Gasteiger partial charge in [-0.15, -0.1) is 0 Å². The van der Waals surface area contributed by atoms with Crippen molar-refractivity contribution in [2.75, 3.05) is 27.4 Å². The second-order valence-electron chi connectivity index (χ2n) is 7.87. The molecule has 4 heteroatoms. The zero-order valence-corrected chi connectivity index (χ0v) is 20.8. The Bertz CT molecular complexity index is 943. The third-order valence-electron chi connectivity index (χ3n) is 6.09. The van der Waals surface area contributed by atoms with Gasteiger partial charge in [0, 0.05) is 42.8 Å². The maximum Gasteiger partial charge on any atom is 0.118 e. The zero-order valence-electron chi connectivity index (χ0n) is 20.8. The third kappa shape index (κ3) is 5.93. The number of H-pyrrole nitrogens is 1. The van der Waals surface area contributed by atoms with Crippen molar-refractivity contribution in [2.45, 2.75) is 65.7 Å². The summed E-state index contributed by atoms with van der Waals surface area (Å²) in [5.41, 5.74) is 7.67. The fourth-order valence-electron chi connectivity index (χ4n) is 4.39. The van der Waals surface area contributed by atoms with Gasteiger partial charge in [-0.05, 0) is 78.6 Å². The summed E-state index contributed by atoms with van der Waals surface area (Å²) in [5.74, 6) is 1.21.